The Kier molecular flexibility index (Phi) is 3.53. The van der Waals surface area contributed by atoms with Crippen molar-refractivity contribution in [2.75, 3.05) is 20.1 Å². The lowest BCUT2D eigenvalue weighted by molar-refractivity contribution is -0.133. The molecule has 0 unspecified atom stereocenters. The number of piperidine rings is 1. The number of hydrogen-bond donors (Lipinski definition) is 1. The monoisotopic (exact) mass is 170 g/mol. The van der Waals surface area contributed by atoms with Gasteiger partial charge >= 0.3 is 0 Å². The van der Waals surface area contributed by atoms with Crippen molar-refractivity contribution in [2.45, 2.75) is 32.2 Å². The van der Waals surface area contributed by atoms with Gasteiger partial charge in [0.2, 0.25) is 5.91 Å². The van der Waals surface area contributed by atoms with E-state index < -0.39 is 0 Å². The summed E-state index contributed by atoms with van der Waals surface area (Å²) in [5.41, 5.74) is 0. The van der Waals surface area contributed by atoms with E-state index in [0.29, 0.717) is 12.6 Å². The quantitative estimate of drug-likeness (QED) is 0.658. The molecule has 1 heterocycles. The minimum Gasteiger partial charge on any atom is -0.339 e. The predicted octanol–water partition coefficient (Wildman–Crippen LogP) is 0.607. The Morgan fingerprint density at radius 3 is 2.92 bits per heavy atom. The van der Waals surface area contributed by atoms with Gasteiger partial charge in [0.15, 0.2) is 0 Å². The molecule has 0 saturated carbocycles. The van der Waals surface area contributed by atoms with Crippen molar-refractivity contribution in [2.24, 2.45) is 0 Å². The molecule has 3 nitrogen and oxygen atoms in total. The number of carbonyl (C=O) groups is 1. The van der Waals surface area contributed by atoms with E-state index in [1.807, 2.05) is 11.9 Å². The molecule has 70 valence electrons. The van der Waals surface area contributed by atoms with Crippen LogP contribution >= 0.6 is 0 Å². The normalized spacial score (nSPS) is 24.2. The first-order chi connectivity index (χ1) is 5.75. The Bertz CT molecular complexity index is 159. The van der Waals surface area contributed by atoms with Crippen LogP contribution in [0.5, 0.6) is 0 Å². The molecule has 1 N–H and O–H groups in total. The molecule has 0 bridgehead atoms. The van der Waals surface area contributed by atoms with Crippen LogP contribution in [0.2, 0.25) is 0 Å². The van der Waals surface area contributed by atoms with Crippen molar-refractivity contribution in [3.05, 3.63) is 0 Å². The molecule has 0 aliphatic carbocycles. The molecular weight excluding hydrogens is 152 g/mol. The summed E-state index contributed by atoms with van der Waals surface area (Å²) in [7, 11) is 1.81. The SMILES string of the molecule is CNCC(=O)N1CCCC[C@@H]1C. The Morgan fingerprint density at radius 1 is 1.58 bits per heavy atom. The van der Waals surface area contributed by atoms with E-state index >= 15 is 0 Å². The second kappa shape index (κ2) is 4.45. The van der Waals surface area contributed by atoms with Gasteiger partial charge in [-0.15, -0.1) is 0 Å². The first-order valence-corrected chi connectivity index (χ1v) is 4.69. The topological polar surface area (TPSA) is 32.3 Å². The molecular formula is C9H18N2O. The third-order valence-corrected chi connectivity index (χ3v) is 2.45. The minimum absolute atomic E-state index is 0.240. The number of nitrogens with one attached hydrogen (secondary N) is 1. The summed E-state index contributed by atoms with van der Waals surface area (Å²) in [6.07, 6.45) is 3.60. The number of rotatable bonds is 2. The summed E-state index contributed by atoms with van der Waals surface area (Å²) in [6.45, 7) is 3.55. The summed E-state index contributed by atoms with van der Waals surface area (Å²) in [5.74, 6) is 0.240. The van der Waals surface area contributed by atoms with E-state index in [4.69, 9.17) is 0 Å². The Labute approximate surface area is 74.1 Å². The van der Waals surface area contributed by atoms with Crippen molar-refractivity contribution in [3.63, 3.8) is 0 Å². The van der Waals surface area contributed by atoms with Crippen LogP contribution in [0, 0.1) is 0 Å². The van der Waals surface area contributed by atoms with Crippen molar-refractivity contribution in [3.8, 4) is 0 Å². The van der Waals surface area contributed by atoms with Crippen LogP contribution in [0.4, 0.5) is 0 Å². The lowest BCUT2D eigenvalue weighted by atomic mass is 10.0. The molecule has 1 aliphatic rings. The van der Waals surface area contributed by atoms with Crippen LogP contribution < -0.4 is 5.32 Å². The molecule has 0 aromatic heterocycles. The maximum atomic E-state index is 11.5. The lowest BCUT2D eigenvalue weighted by Crippen LogP contribution is -2.45. The van der Waals surface area contributed by atoms with Crippen molar-refractivity contribution < 1.29 is 4.79 Å². The van der Waals surface area contributed by atoms with Crippen LogP contribution in [0.1, 0.15) is 26.2 Å². The Hall–Kier alpha value is -0.570. The second-order valence-electron chi connectivity index (χ2n) is 3.46. The molecule has 0 aromatic carbocycles. The number of amides is 1. The van der Waals surface area contributed by atoms with Gasteiger partial charge in [0.25, 0.3) is 0 Å². The van der Waals surface area contributed by atoms with Gasteiger partial charge in [0.05, 0.1) is 6.54 Å². The highest BCUT2D eigenvalue weighted by Gasteiger charge is 2.21. The maximum absolute atomic E-state index is 11.5. The van der Waals surface area contributed by atoms with Gasteiger partial charge < -0.3 is 10.2 Å². The molecule has 1 saturated heterocycles. The number of carbonyl (C=O) groups excluding carboxylic acids is 1. The van der Waals surface area contributed by atoms with Crippen molar-refractivity contribution in [1.29, 1.82) is 0 Å². The molecule has 12 heavy (non-hydrogen) atoms. The smallest absolute Gasteiger partial charge is 0.236 e. The highest BCUT2D eigenvalue weighted by Crippen LogP contribution is 2.15. The van der Waals surface area contributed by atoms with Gasteiger partial charge in [-0.1, -0.05) is 0 Å². The van der Waals surface area contributed by atoms with Crippen LogP contribution in [0.3, 0.4) is 0 Å². The third kappa shape index (κ3) is 2.21. The molecule has 0 aromatic rings. The fourth-order valence-corrected chi connectivity index (χ4v) is 1.72. The first kappa shape index (κ1) is 9.52. The van der Waals surface area contributed by atoms with Crippen LogP contribution in [-0.2, 0) is 4.79 Å². The van der Waals surface area contributed by atoms with E-state index in [1.165, 1.54) is 12.8 Å². The third-order valence-electron chi connectivity index (χ3n) is 2.45. The zero-order chi connectivity index (χ0) is 8.97. The summed E-state index contributed by atoms with van der Waals surface area (Å²) >= 11 is 0. The van der Waals surface area contributed by atoms with Crippen LogP contribution in [0.15, 0.2) is 0 Å². The van der Waals surface area contributed by atoms with Gasteiger partial charge in [0.1, 0.15) is 0 Å². The molecule has 1 atom stereocenters. The standard InChI is InChI=1S/C9H18N2O/c1-8-5-3-4-6-11(8)9(12)7-10-2/h8,10H,3-7H2,1-2H3/t8-/m0/s1. The van der Waals surface area contributed by atoms with E-state index in [9.17, 15) is 4.79 Å². The van der Waals surface area contributed by atoms with E-state index in [0.717, 1.165) is 13.0 Å². The van der Waals surface area contributed by atoms with E-state index in [-0.39, 0.29) is 5.91 Å². The van der Waals surface area contributed by atoms with Gasteiger partial charge in [-0.05, 0) is 33.2 Å². The Morgan fingerprint density at radius 2 is 2.33 bits per heavy atom. The molecule has 1 fully saturated rings. The van der Waals surface area contributed by atoms with Crippen molar-refractivity contribution in [1.82, 2.24) is 10.2 Å². The molecule has 0 radical (unpaired) electrons. The molecule has 1 amide bonds. The zero-order valence-corrected chi connectivity index (χ0v) is 7.97. The highest BCUT2D eigenvalue weighted by molar-refractivity contribution is 5.78. The fraction of sp³-hybridized carbons (Fsp3) is 0.889. The predicted molar refractivity (Wildman–Crippen MR) is 49.0 cm³/mol. The molecule has 1 rings (SSSR count). The fourth-order valence-electron chi connectivity index (χ4n) is 1.72. The summed E-state index contributed by atoms with van der Waals surface area (Å²) < 4.78 is 0. The van der Waals surface area contributed by atoms with Crippen molar-refractivity contribution >= 4 is 5.91 Å². The molecule has 1 aliphatic heterocycles. The number of likely N-dealkylation sites (tertiary alicyclic amines) is 1. The zero-order valence-electron chi connectivity index (χ0n) is 7.97. The summed E-state index contributed by atoms with van der Waals surface area (Å²) in [5, 5.41) is 2.89. The Balaban J connectivity index is 2.42. The number of hydrogen-bond acceptors (Lipinski definition) is 2. The van der Waals surface area contributed by atoms with E-state index in [1.54, 1.807) is 0 Å². The highest BCUT2D eigenvalue weighted by atomic mass is 16.2. The maximum Gasteiger partial charge on any atom is 0.236 e. The number of likely N-dealkylation sites (N-methyl/N-ethyl adjacent to an activating group) is 1. The second-order valence-corrected chi connectivity index (χ2v) is 3.46. The van der Waals surface area contributed by atoms with Gasteiger partial charge in [-0.2, -0.15) is 0 Å². The number of nitrogens with zero attached hydrogens (tertiary/aromatic N) is 1. The average molecular weight is 170 g/mol. The first-order valence-electron chi connectivity index (χ1n) is 4.69. The summed E-state index contributed by atoms with van der Waals surface area (Å²) in [4.78, 5) is 13.5. The summed E-state index contributed by atoms with van der Waals surface area (Å²) in [6, 6.07) is 0.444. The van der Waals surface area contributed by atoms with Crippen LogP contribution in [-0.4, -0.2) is 37.0 Å². The van der Waals surface area contributed by atoms with Gasteiger partial charge in [0, 0.05) is 12.6 Å². The molecule has 3 heteroatoms. The minimum atomic E-state index is 0.240. The largest absolute Gasteiger partial charge is 0.339 e. The van der Waals surface area contributed by atoms with Gasteiger partial charge in [-0.25, -0.2) is 0 Å². The average Bonchev–Trinajstić information content (AvgIpc) is 2.05. The van der Waals surface area contributed by atoms with Crippen LogP contribution in [0.25, 0.3) is 0 Å². The molecule has 0 spiro atoms. The van der Waals surface area contributed by atoms with E-state index in [2.05, 4.69) is 12.2 Å². The lowest BCUT2D eigenvalue weighted by Gasteiger charge is -2.33. The van der Waals surface area contributed by atoms with Gasteiger partial charge in [-0.3, -0.25) is 4.79 Å².